The summed E-state index contributed by atoms with van der Waals surface area (Å²) in [6.45, 7) is 8.12. The Hall–Kier alpha value is -1.20. The first-order chi connectivity index (χ1) is 8.56. The lowest BCUT2D eigenvalue weighted by atomic mass is 10.1. The molecule has 0 bridgehead atoms. The van der Waals surface area contributed by atoms with Gasteiger partial charge in [0.05, 0.1) is 10.7 Å². The normalized spacial score (nSPS) is 11.4. The van der Waals surface area contributed by atoms with Gasteiger partial charge in [0.2, 0.25) is 0 Å². The maximum absolute atomic E-state index is 4.51. The summed E-state index contributed by atoms with van der Waals surface area (Å²) in [6, 6.07) is 0. The lowest BCUT2D eigenvalue weighted by Crippen LogP contribution is -2.12. The minimum Gasteiger partial charge on any atom is -0.308 e. The molecule has 18 heavy (non-hydrogen) atoms. The summed E-state index contributed by atoms with van der Waals surface area (Å²) >= 11 is 1.74. The monoisotopic (exact) mass is 264 g/mol. The summed E-state index contributed by atoms with van der Waals surface area (Å²) in [6.07, 6.45) is 4.04. The Balaban J connectivity index is 1.94. The van der Waals surface area contributed by atoms with E-state index in [0.717, 1.165) is 18.1 Å². The molecule has 0 spiro atoms. The number of nitrogens with one attached hydrogen (secondary N) is 1. The first kappa shape index (κ1) is 13.2. The van der Waals surface area contributed by atoms with Gasteiger partial charge in [0, 0.05) is 43.0 Å². The van der Waals surface area contributed by atoms with Crippen LogP contribution < -0.4 is 5.32 Å². The van der Waals surface area contributed by atoms with E-state index in [-0.39, 0.29) is 0 Å². The third-order valence-electron chi connectivity index (χ3n) is 2.77. The zero-order valence-electron chi connectivity index (χ0n) is 11.4. The van der Waals surface area contributed by atoms with Crippen molar-refractivity contribution in [2.45, 2.75) is 39.8 Å². The van der Waals surface area contributed by atoms with E-state index in [0.29, 0.717) is 5.92 Å². The molecule has 0 atom stereocenters. The van der Waals surface area contributed by atoms with E-state index < -0.39 is 0 Å². The van der Waals surface area contributed by atoms with E-state index >= 15 is 0 Å². The summed E-state index contributed by atoms with van der Waals surface area (Å²) in [7, 11) is 1.97. The van der Waals surface area contributed by atoms with E-state index in [9.17, 15) is 0 Å². The van der Waals surface area contributed by atoms with Crippen molar-refractivity contribution >= 4 is 11.3 Å². The summed E-state index contributed by atoms with van der Waals surface area (Å²) in [5.74, 6) is 0.466. The maximum Gasteiger partial charge on any atom is 0.0897 e. The second kappa shape index (κ2) is 5.63. The van der Waals surface area contributed by atoms with Crippen LogP contribution in [0.25, 0.3) is 0 Å². The highest BCUT2D eigenvalue weighted by molar-refractivity contribution is 7.11. The first-order valence-electron chi connectivity index (χ1n) is 6.20. The van der Waals surface area contributed by atoms with Crippen LogP contribution in [0.1, 0.15) is 40.9 Å². The molecule has 0 amide bonds. The zero-order valence-corrected chi connectivity index (χ0v) is 12.2. The Morgan fingerprint density at radius 2 is 2.17 bits per heavy atom. The molecule has 0 unspecified atom stereocenters. The van der Waals surface area contributed by atoms with Crippen LogP contribution in [-0.2, 0) is 20.1 Å². The SMILES string of the molecule is Cc1ncc(CNCc2cn(C)nc2C(C)C)s1. The third kappa shape index (κ3) is 3.17. The quantitative estimate of drug-likeness (QED) is 0.902. The Morgan fingerprint density at radius 3 is 2.78 bits per heavy atom. The Morgan fingerprint density at radius 1 is 1.39 bits per heavy atom. The lowest BCUT2D eigenvalue weighted by molar-refractivity contribution is 0.682. The molecule has 4 nitrogen and oxygen atoms in total. The first-order valence-corrected chi connectivity index (χ1v) is 7.02. The van der Waals surface area contributed by atoms with Crippen molar-refractivity contribution in [1.29, 1.82) is 0 Å². The second-order valence-electron chi connectivity index (χ2n) is 4.82. The number of rotatable bonds is 5. The maximum atomic E-state index is 4.51. The van der Waals surface area contributed by atoms with E-state index in [1.165, 1.54) is 16.1 Å². The van der Waals surface area contributed by atoms with Gasteiger partial charge in [0.25, 0.3) is 0 Å². The largest absolute Gasteiger partial charge is 0.308 e. The van der Waals surface area contributed by atoms with Gasteiger partial charge < -0.3 is 5.32 Å². The molecule has 0 aliphatic rings. The molecule has 0 saturated heterocycles. The highest BCUT2D eigenvalue weighted by atomic mass is 32.1. The molecule has 0 aliphatic heterocycles. The predicted molar refractivity (Wildman–Crippen MR) is 74.7 cm³/mol. The number of hydrogen-bond donors (Lipinski definition) is 1. The van der Waals surface area contributed by atoms with Gasteiger partial charge in [0.15, 0.2) is 0 Å². The zero-order chi connectivity index (χ0) is 13.1. The topological polar surface area (TPSA) is 42.7 Å². The van der Waals surface area contributed by atoms with Gasteiger partial charge >= 0.3 is 0 Å². The van der Waals surface area contributed by atoms with Crippen LogP contribution >= 0.6 is 11.3 Å². The fourth-order valence-electron chi connectivity index (χ4n) is 1.98. The van der Waals surface area contributed by atoms with Crippen molar-refractivity contribution in [3.05, 3.63) is 33.5 Å². The Bertz CT molecular complexity index is 513. The van der Waals surface area contributed by atoms with Crippen LogP contribution in [0, 0.1) is 6.92 Å². The molecule has 5 heteroatoms. The molecule has 98 valence electrons. The van der Waals surface area contributed by atoms with Gasteiger partial charge in [-0.05, 0) is 12.8 Å². The lowest BCUT2D eigenvalue weighted by Gasteiger charge is -2.05. The fraction of sp³-hybridized carbons (Fsp3) is 0.538. The highest BCUT2D eigenvalue weighted by Crippen LogP contribution is 2.17. The molecule has 0 aliphatic carbocycles. The number of hydrogen-bond acceptors (Lipinski definition) is 4. The van der Waals surface area contributed by atoms with Crippen LogP contribution in [0.4, 0.5) is 0 Å². The van der Waals surface area contributed by atoms with Crippen molar-refractivity contribution < 1.29 is 0 Å². The molecule has 1 N–H and O–H groups in total. The molecule has 2 aromatic rings. The second-order valence-corrected chi connectivity index (χ2v) is 6.14. The van der Waals surface area contributed by atoms with E-state index in [2.05, 4.69) is 35.4 Å². The summed E-state index contributed by atoms with van der Waals surface area (Å²) in [5, 5.41) is 9.09. The minimum absolute atomic E-state index is 0.466. The van der Waals surface area contributed by atoms with Gasteiger partial charge in [0.1, 0.15) is 0 Å². The van der Waals surface area contributed by atoms with Gasteiger partial charge in [-0.15, -0.1) is 11.3 Å². The van der Waals surface area contributed by atoms with Crippen LogP contribution in [0.2, 0.25) is 0 Å². The van der Waals surface area contributed by atoms with Gasteiger partial charge in [-0.25, -0.2) is 4.98 Å². The van der Waals surface area contributed by atoms with Crippen molar-refractivity contribution in [1.82, 2.24) is 20.1 Å². The molecular weight excluding hydrogens is 244 g/mol. The molecule has 2 rings (SSSR count). The van der Waals surface area contributed by atoms with E-state index in [1.807, 2.05) is 24.9 Å². The van der Waals surface area contributed by atoms with Gasteiger partial charge in [-0.1, -0.05) is 13.8 Å². The Kier molecular flexibility index (Phi) is 4.14. The number of thiazole rings is 1. The van der Waals surface area contributed by atoms with Crippen molar-refractivity contribution in [2.75, 3.05) is 0 Å². The number of nitrogens with zero attached hydrogens (tertiary/aromatic N) is 3. The summed E-state index contributed by atoms with van der Waals surface area (Å²) in [5.41, 5.74) is 2.47. The average Bonchev–Trinajstić information content (AvgIpc) is 2.85. The molecule has 0 aromatic carbocycles. The molecule has 0 radical (unpaired) electrons. The van der Waals surface area contributed by atoms with Crippen molar-refractivity contribution in [3.63, 3.8) is 0 Å². The van der Waals surface area contributed by atoms with E-state index in [1.54, 1.807) is 11.3 Å². The number of aryl methyl sites for hydroxylation is 2. The third-order valence-corrected chi connectivity index (χ3v) is 3.68. The van der Waals surface area contributed by atoms with E-state index in [4.69, 9.17) is 0 Å². The predicted octanol–water partition coefficient (Wildman–Crippen LogP) is 2.60. The van der Waals surface area contributed by atoms with Crippen molar-refractivity contribution in [2.24, 2.45) is 7.05 Å². The molecule has 2 heterocycles. The van der Waals surface area contributed by atoms with Gasteiger partial charge in [-0.3, -0.25) is 4.68 Å². The summed E-state index contributed by atoms with van der Waals surface area (Å²) in [4.78, 5) is 5.53. The van der Waals surface area contributed by atoms with Crippen molar-refractivity contribution in [3.8, 4) is 0 Å². The average molecular weight is 264 g/mol. The van der Waals surface area contributed by atoms with Crippen LogP contribution in [0.3, 0.4) is 0 Å². The molecule has 0 saturated carbocycles. The molecule has 2 aromatic heterocycles. The van der Waals surface area contributed by atoms with Crippen LogP contribution in [0.5, 0.6) is 0 Å². The molecular formula is C13H20N4S. The Labute approximate surface area is 112 Å². The standard InChI is InChI=1S/C13H20N4S/c1-9(2)13-11(8-17(4)16-13)5-14-6-12-7-15-10(3)18-12/h7-9,14H,5-6H2,1-4H3. The fourth-order valence-corrected chi connectivity index (χ4v) is 2.75. The smallest absolute Gasteiger partial charge is 0.0897 e. The minimum atomic E-state index is 0.466. The van der Waals surface area contributed by atoms with Crippen LogP contribution in [0.15, 0.2) is 12.4 Å². The highest BCUT2D eigenvalue weighted by Gasteiger charge is 2.10. The van der Waals surface area contributed by atoms with Crippen LogP contribution in [-0.4, -0.2) is 14.8 Å². The number of aromatic nitrogens is 3. The molecule has 0 fully saturated rings. The summed E-state index contributed by atoms with van der Waals surface area (Å²) < 4.78 is 1.89. The van der Waals surface area contributed by atoms with Gasteiger partial charge in [-0.2, -0.15) is 5.10 Å².